The Morgan fingerprint density at radius 2 is 1.98 bits per heavy atom. The largest absolute Gasteiger partial charge is 0.341 e. The van der Waals surface area contributed by atoms with Crippen LogP contribution in [0.1, 0.15) is 37.1 Å². The number of aryl methyl sites for hydroxylation is 1. The summed E-state index contributed by atoms with van der Waals surface area (Å²) in [7, 11) is 0. The number of aromatic nitrogens is 7. The van der Waals surface area contributed by atoms with Crippen molar-refractivity contribution in [1.82, 2.24) is 45.1 Å². The third kappa shape index (κ3) is 4.94. The third-order valence-electron chi connectivity index (χ3n) is 8.01. The number of nitrogens with zero attached hydrogens (tertiary/aromatic N) is 8. The highest BCUT2D eigenvalue weighted by molar-refractivity contribution is 7.17. The number of hydrogen-bond donors (Lipinski definition) is 3. The minimum absolute atomic E-state index is 0.0444. The Morgan fingerprint density at radius 3 is 2.67 bits per heavy atom. The summed E-state index contributed by atoms with van der Waals surface area (Å²) in [6.45, 7) is 4.74. The lowest BCUT2D eigenvalue weighted by Crippen LogP contribution is -2.69. The van der Waals surface area contributed by atoms with Gasteiger partial charge in [-0.1, -0.05) is 6.07 Å². The fraction of sp³-hybridized carbons (Fsp3) is 0.321. The summed E-state index contributed by atoms with van der Waals surface area (Å²) >= 11 is 1.55. The smallest absolute Gasteiger partial charge is 0.249 e. The Morgan fingerprint density at radius 1 is 1.14 bits per heavy atom. The zero-order valence-corrected chi connectivity index (χ0v) is 24.2. The van der Waals surface area contributed by atoms with Crippen LogP contribution in [0.4, 0.5) is 22.0 Å². The lowest BCUT2D eigenvalue weighted by atomic mass is 9.83. The Labute approximate surface area is 249 Å². The highest BCUT2D eigenvalue weighted by Gasteiger charge is 2.49. The van der Waals surface area contributed by atoms with Gasteiger partial charge in [0.15, 0.2) is 23.3 Å². The van der Waals surface area contributed by atoms with Crippen LogP contribution in [-0.4, -0.2) is 76.8 Å². The van der Waals surface area contributed by atoms with Crippen LogP contribution in [0, 0.1) is 12.7 Å². The SMILES string of the molecule is Cc1cc(Nc2nc(N3CCC4(CC3)NC(=O)CN(C(C)c3ccc(-n5cc(F)cn5)nc3)C4=O)nc3ccsc23)n[nH]1. The number of pyridine rings is 1. The first-order valence-corrected chi connectivity index (χ1v) is 14.7. The fourth-order valence-electron chi connectivity index (χ4n) is 5.67. The number of carbonyl (C=O) groups is 2. The van der Waals surface area contributed by atoms with E-state index in [0.29, 0.717) is 49.3 Å². The molecule has 0 saturated carbocycles. The quantitative estimate of drug-likeness (QED) is 0.267. The summed E-state index contributed by atoms with van der Waals surface area (Å²) in [5.41, 5.74) is 1.50. The molecule has 5 aromatic rings. The summed E-state index contributed by atoms with van der Waals surface area (Å²) in [6, 6.07) is 6.99. The molecule has 43 heavy (non-hydrogen) atoms. The van der Waals surface area contributed by atoms with E-state index in [1.165, 1.54) is 10.9 Å². The molecule has 3 N–H and O–H groups in total. The number of nitrogens with one attached hydrogen (secondary N) is 3. The first-order valence-electron chi connectivity index (χ1n) is 13.9. The number of piperidine rings is 1. The van der Waals surface area contributed by atoms with Crippen LogP contribution in [0.25, 0.3) is 16.0 Å². The summed E-state index contributed by atoms with van der Waals surface area (Å²) in [4.78, 5) is 44.6. The molecule has 7 heterocycles. The van der Waals surface area contributed by atoms with Gasteiger partial charge in [0.25, 0.3) is 0 Å². The molecule has 0 radical (unpaired) electrons. The monoisotopic (exact) mass is 601 g/mol. The van der Waals surface area contributed by atoms with Crippen LogP contribution < -0.4 is 15.5 Å². The molecule has 7 rings (SSSR count). The standard InChI is InChI=1S/C28H28FN11O2S/c1-16-11-21(37-36-16)33-25-24-20(5-10-43-24)32-27(34-25)38-8-6-28(7-9-38)26(42)39(15-23(41)35-28)17(2)18-3-4-22(30-12-18)40-14-19(29)13-31-40/h3-5,10-14,17H,6-9,15H2,1-2H3,(H,35,41)(H2,32,33,34,36,37). The van der Waals surface area contributed by atoms with E-state index in [1.54, 1.807) is 28.5 Å². The van der Waals surface area contributed by atoms with Crippen LogP contribution in [0.3, 0.4) is 0 Å². The minimum atomic E-state index is -1.01. The molecule has 220 valence electrons. The maximum Gasteiger partial charge on any atom is 0.249 e. The predicted octanol–water partition coefficient (Wildman–Crippen LogP) is 3.24. The van der Waals surface area contributed by atoms with Crippen molar-refractivity contribution in [3.8, 4) is 5.82 Å². The molecule has 13 nitrogen and oxygen atoms in total. The van der Waals surface area contributed by atoms with E-state index >= 15 is 0 Å². The maximum atomic E-state index is 14.0. The number of amides is 2. The molecule has 1 spiro atoms. The Balaban J connectivity index is 1.08. The van der Waals surface area contributed by atoms with Gasteiger partial charge in [0.05, 0.1) is 28.7 Å². The first-order chi connectivity index (χ1) is 20.8. The van der Waals surface area contributed by atoms with Crippen molar-refractivity contribution in [3.63, 3.8) is 0 Å². The van der Waals surface area contributed by atoms with Gasteiger partial charge < -0.3 is 20.4 Å². The van der Waals surface area contributed by atoms with Crippen LogP contribution in [0.15, 0.2) is 48.2 Å². The van der Waals surface area contributed by atoms with E-state index in [2.05, 4.69) is 30.9 Å². The second-order valence-electron chi connectivity index (χ2n) is 10.8. The van der Waals surface area contributed by atoms with Crippen molar-refractivity contribution < 1.29 is 14.0 Å². The number of piperazine rings is 1. The molecule has 1 unspecified atom stereocenters. The zero-order valence-electron chi connectivity index (χ0n) is 23.4. The number of anilines is 3. The number of carbonyl (C=O) groups excluding carboxylic acids is 2. The number of hydrogen-bond acceptors (Lipinski definition) is 10. The fourth-order valence-corrected chi connectivity index (χ4v) is 6.44. The maximum absolute atomic E-state index is 14.0. The van der Waals surface area contributed by atoms with Gasteiger partial charge in [0.2, 0.25) is 17.8 Å². The molecule has 0 aromatic carbocycles. The van der Waals surface area contributed by atoms with Gasteiger partial charge in [-0.05, 0) is 49.8 Å². The molecule has 0 aliphatic carbocycles. The molecular formula is C28H28FN11O2S. The third-order valence-corrected chi connectivity index (χ3v) is 8.92. The number of fused-ring (bicyclic) bond motifs is 1. The predicted molar refractivity (Wildman–Crippen MR) is 158 cm³/mol. The minimum Gasteiger partial charge on any atom is -0.341 e. The van der Waals surface area contributed by atoms with E-state index < -0.39 is 17.4 Å². The van der Waals surface area contributed by atoms with Gasteiger partial charge in [-0.2, -0.15) is 15.2 Å². The van der Waals surface area contributed by atoms with Crippen LogP contribution in [0.5, 0.6) is 0 Å². The van der Waals surface area contributed by atoms with Gasteiger partial charge in [-0.15, -0.1) is 11.3 Å². The molecule has 0 bridgehead atoms. The van der Waals surface area contributed by atoms with E-state index in [4.69, 9.17) is 9.97 Å². The average Bonchev–Trinajstić information content (AvgIpc) is 3.76. The van der Waals surface area contributed by atoms with Crippen LogP contribution in [0.2, 0.25) is 0 Å². The molecule has 2 aliphatic heterocycles. The van der Waals surface area contributed by atoms with Crippen molar-refractivity contribution >= 4 is 51.0 Å². The zero-order chi connectivity index (χ0) is 29.7. The number of aromatic amines is 1. The van der Waals surface area contributed by atoms with Gasteiger partial charge in [0.1, 0.15) is 12.1 Å². The van der Waals surface area contributed by atoms with E-state index in [9.17, 15) is 14.0 Å². The molecule has 2 amide bonds. The summed E-state index contributed by atoms with van der Waals surface area (Å²) in [6.07, 6.45) is 4.80. The lowest BCUT2D eigenvalue weighted by Gasteiger charge is -2.47. The number of rotatable bonds is 6. The van der Waals surface area contributed by atoms with E-state index in [0.717, 1.165) is 27.7 Å². The Hall–Kier alpha value is -4.92. The second-order valence-corrected chi connectivity index (χ2v) is 11.8. The molecule has 15 heteroatoms. The highest BCUT2D eigenvalue weighted by atomic mass is 32.1. The van der Waals surface area contributed by atoms with Gasteiger partial charge in [-0.25, -0.2) is 19.0 Å². The van der Waals surface area contributed by atoms with E-state index in [-0.39, 0.29) is 18.4 Å². The van der Waals surface area contributed by atoms with Crippen molar-refractivity contribution in [2.75, 3.05) is 29.9 Å². The van der Waals surface area contributed by atoms with Crippen LogP contribution in [-0.2, 0) is 9.59 Å². The van der Waals surface area contributed by atoms with Crippen molar-refractivity contribution in [1.29, 1.82) is 0 Å². The van der Waals surface area contributed by atoms with E-state index in [1.807, 2.05) is 42.3 Å². The molecule has 5 aromatic heterocycles. The Bertz CT molecular complexity index is 1820. The molecular weight excluding hydrogens is 573 g/mol. The first kappa shape index (κ1) is 26.9. The number of H-pyrrole nitrogens is 1. The molecule has 2 aliphatic rings. The topological polar surface area (TPSA) is 150 Å². The summed E-state index contributed by atoms with van der Waals surface area (Å²) in [5.74, 6) is 1.56. The molecule has 1 atom stereocenters. The van der Waals surface area contributed by atoms with Crippen LogP contribution >= 0.6 is 11.3 Å². The molecule has 2 fully saturated rings. The summed E-state index contributed by atoms with van der Waals surface area (Å²) in [5, 5.41) is 19.4. The normalized spacial score (nSPS) is 17.5. The van der Waals surface area contributed by atoms with Gasteiger partial charge in [-0.3, -0.25) is 14.7 Å². The Kier molecular flexibility index (Phi) is 6.53. The van der Waals surface area contributed by atoms with Gasteiger partial charge in [0, 0.05) is 31.0 Å². The summed E-state index contributed by atoms with van der Waals surface area (Å²) < 4.78 is 15.6. The van der Waals surface area contributed by atoms with Crippen molar-refractivity contribution in [3.05, 3.63) is 65.3 Å². The van der Waals surface area contributed by atoms with Gasteiger partial charge >= 0.3 is 0 Å². The molecule has 2 saturated heterocycles. The van der Waals surface area contributed by atoms with Crippen molar-refractivity contribution in [2.24, 2.45) is 0 Å². The second kappa shape index (κ2) is 10.4. The highest BCUT2D eigenvalue weighted by Crippen LogP contribution is 2.35. The number of thiophene rings is 1. The number of halogens is 1. The average molecular weight is 602 g/mol. The van der Waals surface area contributed by atoms with Crippen molar-refractivity contribution in [2.45, 2.75) is 38.3 Å². The lowest BCUT2D eigenvalue weighted by molar-refractivity contribution is -0.153.